The van der Waals surface area contributed by atoms with Crippen molar-refractivity contribution >= 4 is 53.6 Å². The lowest BCUT2D eigenvalue weighted by atomic mass is 10.1. The van der Waals surface area contributed by atoms with E-state index in [1.165, 1.54) is 0 Å². The van der Waals surface area contributed by atoms with Crippen molar-refractivity contribution < 1.29 is 4.79 Å². The number of Topliss-reactive ketones (excluding diaryl/α,β-unsaturated/α-hetero) is 1. The van der Waals surface area contributed by atoms with Crippen molar-refractivity contribution in [1.29, 1.82) is 0 Å². The van der Waals surface area contributed by atoms with Crippen LogP contribution in [-0.2, 0) is 6.42 Å². The second-order valence-corrected chi connectivity index (χ2v) is 7.60. The number of fused-ring (bicyclic) bond motifs is 1. The Bertz CT molecular complexity index is 384. The van der Waals surface area contributed by atoms with Gasteiger partial charge in [0.2, 0.25) is 0 Å². The van der Waals surface area contributed by atoms with Gasteiger partial charge in [0.15, 0.2) is 5.78 Å². The van der Waals surface area contributed by atoms with Crippen LogP contribution in [-0.4, -0.2) is 9.02 Å². The van der Waals surface area contributed by atoms with E-state index in [-0.39, 0.29) is 5.78 Å². The van der Waals surface area contributed by atoms with Crippen molar-refractivity contribution in [3.05, 3.63) is 33.8 Å². The minimum absolute atomic E-state index is 0.101. The molecule has 1 aliphatic rings. The lowest BCUT2D eigenvalue weighted by Crippen LogP contribution is -2.19. The van der Waals surface area contributed by atoms with Crippen LogP contribution in [0.2, 0.25) is 0 Å². The van der Waals surface area contributed by atoms with Gasteiger partial charge in [-0.2, -0.15) is 0 Å². The molecule has 1 aromatic rings. The van der Waals surface area contributed by atoms with Gasteiger partial charge in [0.05, 0.1) is 0 Å². The minimum atomic E-state index is -0.591. The number of hydrogen-bond donors (Lipinski definition) is 0. The van der Waals surface area contributed by atoms with Crippen LogP contribution in [0.15, 0.2) is 22.7 Å². The first kappa shape index (κ1) is 9.87. The Hall–Kier alpha value is 0.330. The second kappa shape index (κ2) is 3.17. The summed E-state index contributed by atoms with van der Waals surface area (Å²) in [6.45, 7) is 0. The highest BCUT2D eigenvalue weighted by Crippen LogP contribution is 2.43. The van der Waals surface area contributed by atoms with Crippen molar-refractivity contribution in [2.75, 3.05) is 0 Å². The SMILES string of the molecule is O=C1c2cccc(Br)c2CC1(Br)Br. The summed E-state index contributed by atoms with van der Waals surface area (Å²) in [6, 6.07) is 5.68. The van der Waals surface area contributed by atoms with Crippen LogP contribution < -0.4 is 0 Å². The molecule has 0 saturated heterocycles. The molecule has 0 atom stereocenters. The van der Waals surface area contributed by atoms with Crippen molar-refractivity contribution in [2.45, 2.75) is 9.65 Å². The van der Waals surface area contributed by atoms with E-state index < -0.39 is 3.23 Å². The summed E-state index contributed by atoms with van der Waals surface area (Å²) in [4.78, 5) is 11.8. The molecule has 0 aliphatic heterocycles. The maximum Gasteiger partial charge on any atom is 0.190 e. The molecule has 1 aliphatic carbocycles. The summed E-state index contributed by atoms with van der Waals surface area (Å²) in [7, 11) is 0. The Labute approximate surface area is 101 Å². The summed E-state index contributed by atoms with van der Waals surface area (Å²) >= 11 is 10.2. The van der Waals surface area contributed by atoms with E-state index in [4.69, 9.17) is 0 Å². The van der Waals surface area contributed by atoms with E-state index in [2.05, 4.69) is 47.8 Å². The fraction of sp³-hybridized carbons (Fsp3) is 0.222. The highest BCUT2D eigenvalue weighted by molar-refractivity contribution is 9.26. The van der Waals surface area contributed by atoms with Gasteiger partial charge in [0.1, 0.15) is 3.23 Å². The second-order valence-electron chi connectivity index (χ2n) is 2.98. The van der Waals surface area contributed by atoms with Gasteiger partial charge in [-0.1, -0.05) is 59.9 Å². The number of carbonyl (C=O) groups excluding carboxylic acids is 1. The summed E-state index contributed by atoms with van der Waals surface area (Å²) in [5, 5.41) is 0. The number of carbonyl (C=O) groups is 1. The molecule has 13 heavy (non-hydrogen) atoms. The molecule has 0 N–H and O–H groups in total. The summed E-state index contributed by atoms with van der Waals surface area (Å²) in [5.74, 6) is 0.101. The molecule has 1 aromatic carbocycles. The normalized spacial score (nSPS) is 18.8. The fourth-order valence-electron chi connectivity index (χ4n) is 1.45. The Morgan fingerprint density at radius 1 is 1.31 bits per heavy atom. The van der Waals surface area contributed by atoms with Crippen LogP contribution in [0.25, 0.3) is 0 Å². The number of ketones is 1. The number of hydrogen-bond acceptors (Lipinski definition) is 1. The Kier molecular flexibility index (Phi) is 2.41. The van der Waals surface area contributed by atoms with Crippen LogP contribution in [0.5, 0.6) is 0 Å². The molecule has 0 aromatic heterocycles. The molecule has 68 valence electrons. The number of alkyl halides is 2. The van der Waals surface area contributed by atoms with E-state index in [0.717, 1.165) is 15.6 Å². The topological polar surface area (TPSA) is 17.1 Å². The predicted octanol–water partition coefficient (Wildman–Crippen LogP) is 3.67. The van der Waals surface area contributed by atoms with Gasteiger partial charge in [-0.3, -0.25) is 4.79 Å². The maximum absolute atomic E-state index is 11.8. The third-order valence-electron chi connectivity index (χ3n) is 2.09. The van der Waals surface area contributed by atoms with E-state index in [1.54, 1.807) is 0 Å². The van der Waals surface area contributed by atoms with E-state index >= 15 is 0 Å². The molecule has 0 saturated carbocycles. The Morgan fingerprint density at radius 3 is 2.62 bits per heavy atom. The van der Waals surface area contributed by atoms with E-state index in [9.17, 15) is 4.79 Å². The van der Waals surface area contributed by atoms with Gasteiger partial charge in [-0.25, -0.2) is 0 Å². The lowest BCUT2D eigenvalue weighted by molar-refractivity contribution is 0.0994. The van der Waals surface area contributed by atoms with Gasteiger partial charge in [-0.05, 0) is 11.6 Å². The molecular formula is C9H5Br3O. The van der Waals surface area contributed by atoms with Crippen LogP contribution in [0.4, 0.5) is 0 Å². The first-order valence-corrected chi connectivity index (χ1v) is 6.10. The molecule has 1 nitrogen and oxygen atoms in total. The zero-order valence-electron chi connectivity index (χ0n) is 6.48. The average molecular weight is 369 g/mol. The highest BCUT2D eigenvalue weighted by atomic mass is 79.9. The zero-order chi connectivity index (χ0) is 9.64. The maximum atomic E-state index is 11.8. The Balaban J connectivity index is 2.63. The Morgan fingerprint density at radius 2 is 2.00 bits per heavy atom. The molecule has 0 heterocycles. The van der Waals surface area contributed by atoms with E-state index in [1.807, 2.05) is 18.2 Å². The quantitative estimate of drug-likeness (QED) is 0.638. The lowest BCUT2D eigenvalue weighted by Gasteiger charge is -2.07. The summed E-state index contributed by atoms with van der Waals surface area (Å²) in [6.07, 6.45) is 0.683. The molecule has 0 amide bonds. The van der Waals surface area contributed by atoms with E-state index in [0.29, 0.717) is 6.42 Å². The number of benzene rings is 1. The van der Waals surface area contributed by atoms with Crippen molar-refractivity contribution in [1.82, 2.24) is 0 Å². The standard InChI is InChI=1S/C9H5Br3O/c10-7-3-1-2-5-6(7)4-9(11,12)8(5)13/h1-3H,4H2. The minimum Gasteiger partial charge on any atom is -0.292 e. The first-order valence-electron chi connectivity index (χ1n) is 3.72. The van der Waals surface area contributed by atoms with Gasteiger partial charge < -0.3 is 0 Å². The van der Waals surface area contributed by atoms with Gasteiger partial charge >= 0.3 is 0 Å². The molecule has 0 fully saturated rings. The van der Waals surface area contributed by atoms with Crippen LogP contribution in [0.3, 0.4) is 0 Å². The highest BCUT2D eigenvalue weighted by Gasteiger charge is 2.41. The molecule has 0 bridgehead atoms. The molecule has 0 radical (unpaired) electrons. The number of halogens is 3. The predicted molar refractivity (Wildman–Crippen MR) is 62.8 cm³/mol. The fourth-order valence-corrected chi connectivity index (χ4v) is 2.94. The van der Waals surface area contributed by atoms with Crippen LogP contribution in [0.1, 0.15) is 15.9 Å². The van der Waals surface area contributed by atoms with Crippen molar-refractivity contribution in [2.24, 2.45) is 0 Å². The van der Waals surface area contributed by atoms with Crippen LogP contribution >= 0.6 is 47.8 Å². The molecule has 4 heteroatoms. The number of rotatable bonds is 0. The molecule has 0 unspecified atom stereocenters. The van der Waals surface area contributed by atoms with Gasteiger partial charge in [0, 0.05) is 16.5 Å². The largest absolute Gasteiger partial charge is 0.292 e. The zero-order valence-corrected chi connectivity index (χ0v) is 11.2. The monoisotopic (exact) mass is 366 g/mol. The molecule has 2 rings (SSSR count). The summed E-state index contributed by atoms with van der Waals surface area (Å²) < 4.78 is 0.408. The van der Waals surface area contributed by atoms with Gasteiger partial charge in [-0.15, -0.1) is 0 Å². The van der Waals surface area contributed by atoms with Crippen molar-refractivity contribution in [3.8, 4) is 0 Å². The van der Waals surface area contributed by atoms with Crippen LogP contribution in [0, 0.1) is 0 Å². The third kappa shape index (κ3) is 1.53. The smallest absolute Gasteiger partial charge is 0.190 e. The third-order valence-corrected chi connectivity index (χ3v) is 4.12. The first-order chi connectivity index (χ1) is 6.02. The average Bonchev–Trinajstić information content (AvgIpc) is 2.28. The molecular weight excluding hydrogens is 364 g/mol. The van der Waals surface area contributed by atoms with Crippen molar-refractivity contribution in [3.63, 3.8) is 0 Å². The summed E-state index contributed by atoms with van der Waals surface area (Å²) in [5.41, 5.74) is 1.87. The van der Waals surface area contributed by atoms with Gasteiger partial charge in [0.25, 0.3) is 0 Å². The molecule has 0 spiro atoms.